The molecule has 1 aromatic heterocycles. The van der Waals surface area contributed by atoms with E-state index in [9.17, 15) is 33.4 Å². The number of amides is 1. The van der Waals surface area contributed by atoms with Gasteiger partial charge in [0, 0.05) is 17.3 Å². The Morgan fingerprint density at radius 3 is 2.21 bits per heavy atom. The lowest BCUT2D eigenvalue weighted by Gasteiger charge is -2.40. The van der Waals surface area contributed by atoms with E-state index in [0.717, 1.165) is 17.7 Å². The second-order valence-corrected chi connectivity index (χ2v) is 13.1. The summed E-state index contributed by atoms with van der Waals surface area (Å²) in [5.74, 6) is -3.74. The molecule has 5 rings (SSSR count). The number of pyridine rings is 1. The van der Waals surface area contributed by atoms with Crippen LogP contribution in [0.15, 0.2) is 90.0 Å². The Hall–Kier alpha value is -4.06. The van der Waals surface area contributed by atoms with E-state index in [0.29, 0.717) is 42.1 Å². The fourth-order valence-electron chi connectivity index (χ4n) is 5.61. The Balaban J connectivity index is 1.34. The normalized spacial score (nSPS) is 19.6. The number of rotatable bonds is 8. The molecular weight excluding hydrogens is 594 g/mol. The molecule has 1 N–H and O–H groups in total. The van der Waals surface area contributed by atoms with Gasteiger partial charge < -0.3 is 10.1 Å². The fourth-order valence-corrected chi connectivity index (χ4v) is 6.26. The van der Waals surface area contributed by atoms with E-state index in [2.05, 4.69) is 10.3 Å². The highest BCUT2D eigenvalue weighted by Crippen LogP contribution is 3.02. The number of halogens is 6. The molecule has 4 aromatic rings. The molecule has 0 spiro atoms. The quantitative estimate of drug-likeness (QED) is 0.121. The first-order valence-corrected chi connectivity index (χ1v) is 15.5. The van der Waals surface area contributed by atoms with E-state index >= 15 is 0 Å². The summed E-state index contributed by atoms with van der Waals surface area (Å²) in [5.41, 5.74) is 2.09. The van der Waals surface area contributed by atoms with Crippen LogP contribution in [0.25, 0.3) is 10.9 Å². The third-order valence-corrected chi connectivity index (χ3v) is 8.91. The van der Waals surface area contributed by atoms with E-state index in [1.165, 1.54) is 12.1 Å². The minimum absolute atomic E-state index is 0.0205. The molecule has 0 radical (unpaired) electrons. The zero-order chi connectivity index (χ0) is 30.9. The fraction of sp³-hybridized carbons (Fsp3) is 0.258. The summed E-state index contributed by atoms with van der Waals surface area (Å²) in [6, 6.07) is 16.9. The number of nitrogens with zero attached hydrogens (tertiary/aromatic N) is 1. The lowest BCUT2D eigenvalue weighted by Crippen LogP contribution is -2.38. The standard InChI is InChI=1S/C31H28F6N2O3S/c32-23-10-15-28-27(18-23)26(16-17-38-28)21-6-8-22(9-7-21)29(31(41)42-19-20-4-2-1-3-5-20)30(40)39-24-11-13-25(14-12-24)43(33,34,35,36)37/h1-5,10-18,21-22,29H,6-9,19H2,(H,39,40)/t21-,22-,29-/m1/s1. The van der Waals surface area contributed by atoms with Crippen molar-refractivity contribution in [2.45, 2.75) is 43.1 Å². The van der Waals surface area contributed by atoms with Crippen molar-refractivity contribution in [2.75, 3.05) is 5.32 Å². The smallest absolute Gasteiger partial charge is 0.319 e. The molecule has 0 unspecified atom stereocenters. The number of nitrogens with one attached hydrogen (secondary N) is 1. The average molecular weight is 623 g/mol. The van der Waals surface area contributed by atoms with Gasteiger partial charge in [-0.05, 0) is 97.2 Å². The molecular formula is C31H28F6N2O3S. The van der Waals surface area contributed by atoms with Crippen LogP contribution < -0.4 is 5.32 Å². The summed E-state index contributed by atoms with van der Waals surface area (Å²) >= 11 is 0. The maximum absolute atomic E-state index is 14.0. The SMILES string of the molecule is O=C(Nc1ccc(S(F)(F)(F)(F)F)cc1)[C@H](C(=O)OCc1ccccc1)[C@H]1CC[C@H](c2ccnc3ccc(F)cc32)CC1. The molecule has 0 bridgehead atoms. The highest BCUT2D eigenvalue weighted by molar-refractivity contribution is 8.45. The summed E-state index contributed by atoms with van der Waals surface area (Å²) in [7, 11) is -9.89. The molecule has 1 aliphatic rings. The first kappa shape index (κ1) is 30.4. The lowest BCUT2D eigenvalue weighted by atomic mass is 9.73. The van der Waals surface area contributed by atoms with Crippen LogP contribution in [0.3, 0.4) is 0 Å². The third kappa shape index (κ3) is 7.30. The van der Waals surface area contributed by atoms with E-state index in [1.54, 1.807) is 42.6 Å². The number of aromatic nitrogens is 1. The molecule has 12 heteroatoms. The zero-order valence-electron chi connectivity index (χ0n) is 22.7. The van der Waals surface area contributed by atoms with Gasteiger partial charge in [0.2, 0.25) is 5.91 Å². The van der Waals surface area contributed by atoms with Gasteiger partial charge in [0.05, 0.1) is 5.52 Å². The first-order chi connectivity index (χ1) is 20.2. The molecule has 0 saturated heterocycles. The van der Waals surface area contributed by atoms with Gasteiger partial charge in [-0.2, -0.15) is 0 Å². The van der Waals surface area contributed by atoms with Gasteiger partial charge in [-0.25, -0.2) is 4.39 Å². The molecule has 1 aliphatic carbocycles. The number of benzene rings is 3. The van der Waals surface area contributed by atoms with Gasteiger partial charge in [-0.15, -0.1) is 0 Å². The highest BCUT2D eigenvalue weighted by atomic mass is 32.5. The van der Waals surface area contributed by atoms with Crippen molar-refractivity contribution in [1.29, 1.82) is 0 Å². The second kappa shape index (κ2) is 10.9. The molecule has 1 atom stereocenters. The summed E-state index contributed by atoms with van der Waals surface area (Å²) < 4.78 is 85.2. The maximum Gasteiger partial charge on any atom is 0.319 e. The van der Waals surface area contributed by atoms with Gasteiger partial charge in [0.25, 0.3) is 0 Å². The number of fused-ring (bicyclic) bond motifs is 1. The van der Waals surface area contributed by atoms with Crippen LogP contribution >= 0.6 is 10.2 Å². The van der Waals surface area contributed by atoms with Crippen molar-refractivity contribution in [1.82, 2.24) is 4.98 Å². The van der Waals surface area contributed by atoms with Crippen LogP contribution in [-0.4, -0.2) is 16.9 Å². The Morgan fingerprint density at radius 2 is 1.56 bits per heavy atom. The molecule has 3 aromatic carbocycles. The maximum atomic E-state index is 14.0. The molecule has 1 amide bonds. The van der Waals surface area contributed by atoms with Gasteiger partial charge >= 0.3 is 16.2 Å². The number of esters is 1. The van der Waals surface area contributed by atoms with Crippen molar-refractivity contribution < 1.29 is 38.1 Å². The summed E-state index contributed by atoms with van der Waals surface area (Å²) in [6.07, 6.45) is 3.68. The zero-order valence-corrected chi connectivity index (χ0v) is 23.5. The summed E-state index contributed by atoms with van der Waals surface area (Å²) in [4.78, 5) is 28.9. The molecule has 43 heavy (non-hydrogen) atoms. The first-order valence-electron chi connectivity index (χ1n) is 13.6. The van der Waals surface area contributed by atoms with Crippen LogP contribution in [0.2, 0.25) is 0 Å². The number of carbonyl (C=O) groups is 2. The highest BCUT2D eigenvalue weighted by Gasteiger charge is 2.65. The summed E-state index contributed by atoms with van der Waals surface area (Å²) in [6.45, 7) is -0.0913. The van der Waals surface area contributed by atoms with E-state index in [1.807, 2.05) is 6.07 Å². The van der Waals surface area contributed by atoms with Crippen LogP contribution in [-0.2, 0) is 20.9 Å². The predicted octanol–water partition coefficient (Wildman–Crippen LogP) is 9.30. The van der Waals surface area contributed by atoms with E-state index < -0.39 is 38.8 Å². The number of ether oxygens (including phenoxy) is 1. The molecule has 228 valence electrons. The van der Waals surface area contributed by atoms with Crippen LogP contribution in [0.1, 0.15) is 42.7 Å². The minimum Gasteiger partial charge on any atom is -0.460 e. The van der Waals surface area contributed by atoms with Crippen molar-refractivity contribution >= 4 is 38.7 Å². The predicted molar refractivity (Wildman–Crippen MR) is 153 cm³/mol. The summed E-state index contributed by atoms with van der Waals surface area (Å²) in [5, 5.41) is 3.10. The number of hydrogen-bond donors (Lipinski definition) is 1. The van der Waals surface area contributed by atoms with Gasteiger partial charge in [-0.3, -0.25) is 14.6 Å². The Bertz CT molecular complexity index is 1640. The minimum atomic E-state index is -9.89. The van der Waals surface area contributed by atoms with Gasteiger partial charge in [0.1, 0.15) is 23.2 Å². The lowest BCUT2D eigenvalue weighted by molar-refractivity contribution is -0.155. The Kier molecular flexibility index (Phi) is 7.70. The van der Waals surface area contributed by atoms with Crippen LogP contribution in [0.4, 0.5) is 29.5 Å². The van der Waals surface area contributed by atoms with Gasteiger partial charge in [0.15, 0.2) is 0 Å². The molecule has 1 heterocycles. The van der Waals surface area contributed by atoms with Gasteiger partial charge in [-0.1, -0.05) is 49.8 Å². The van der Waals surface area contributed by atoms with Crippen molar-refractivity contribution in [3.63, 3.8) is 0 Å². The molecule has 5 nitrogen and oxygen atoms in total. The van der Waals surface area contributed by atoms with Crippen molar-refractivity contribution in [3.05, 3.63) is 102 Å². The van der Waals surface area contributed by atoms with Crippen LogP contribution in [0, 0.1) is 17.7 Å². The molecule has 0 aliphatic heterocycles. The van der Waals surface area contributed by atoms with Crippen LogP contribution in [0.5, 0.6) is 0 Å². The van der Waals surface area contributed by atoms with Crippen molar-refractivity contribution in [3.8, 4) is 0 Å². The second-order valence-electron chi connectivity index (χ2n) is 10.7. The van der Waals surface area contributed by atoms with Crippen molar-refractivity contribution in [2.24, 2.45) is 11.8 Å². The third-order valence-electron chi connectivity index (χ3n) is 7.75. The number of carbonyl (C=O) groups excluding carboxylic acids is 2. The molecule has 1 saturated carbocycles. The monoisotopic (exact) mass is 622 g/mol. The Labute approximate surface area is 244 Å². The van der Waals surface area contributed by atoms with E-state index in [4.69, 9.17) is 4.74 Å². The largest absolute Gasteiger partial charge is 0.460 e. The average Bonchev–Trinajstić information content (AvgIpc) is 2.96. The number of anilines is 1. The van der Waals surface area contributed by atoms with E-state index in [-0.39, 0.29) is 36.2 Å². The number of hydrogen-bond acceptors (Lipinski definition) is 4. The Morgan fingerprint density at radius 1 is 0.884 bits per heavy atom. The molecule has 1 fully saturated rings. The topological polar surface area (TPSA) is 68.3 Å².